The van der Waals surface area contributed by atoms with Crippen LogP contribution in [0.1, 0.15) is 48.4 Å². The van der Waals surface area contributed by atoms with Crippen molar-refractivity contribution < 1.29 is 4.74 Å². The zero-order chi connectivity index (χ0) is 23.2. The molecule has 4 nitrogen and oxygen atoms in total. The van der Waals surface area contributed by atoms with E-state index in [1.54, 1.807) is 0 Å². The lowest BCUT2D eigenvalue weighted by atomic mass is 9.72. The quantitative estimate of drug-likeness (QED) is 0.335. The van der Waals surface area contributed by atoms with Crippen LogP contribution in [-0.2, 0) is 6.54 Å². The lowest BCUT2D eigenvalue weighted by Crippen LogP contribution is -2.44. The van der Waals surface area contributed by atoms with Gasteiger partial charge in [0.1, 0.15) is 11.5 Å². The Morgan fingerprint density at radius 1 is 0.743 bits per heavy atom. The lowest BCUT2D eigenvalue weighted by Gasteiger charge is -2.43. The molecule has 0 spiro atoms. The number of piperidine rings is 1. The molecule has 3 unspecified atom stereocenters. The Kier molecular flexibility index (Phi) is 5.13. The summed E-state index contributed by atoms with van der Waals surface area (Å²) in [4.78, 5) is 11.5. The van der Waals surface area contributed by atoms with Gasteiger partial charge in [-0.05, 0) is 79.1 Å². The summed E-state index contributed by atoms with van der Waals surface area (Å²) in [6, 6.07) is 27.1. The molecule has 2 bridgehead atoms. The highest BCUT2D eigenvalue weighted by Crippen LogP contribution is 2.53. The van der Waals surface area contributed by atoms with Crippen LogP contribution in [0.15, 0.2) is 91.4 Å². The third kappa shape index (κ3) is 3.73. The number of rotatable bonds is 4. The second-order valence-corrected chi connectivity index (χ2v) is 10.2. The zero-order valence-corrected chi connectivity index (χ0v) is 19.8. The van der Waals surface area contributed by atoms with E-state index in [1.165, 1.54) is 53.6 Å². The van der Waals surface area contributed by atoms with Gasteiger partial charge < -0.3 is 4.74 Å². The van der Waals surface area contributed by atoms with Crippen LogP contribution < -0.4 is 4.74 Å². The monoisotopic (exact) mass is 459 g/mol. The van der Waals surface area contributed by atoms with Crippen molar-refractivity contribution in [1.82, 2.24) is 14.9 Å². The number of nitrogens with zero attached hydrogens (tertiary/aromatic N) is 3. The fraction of sp³-hybridized carbons (Fsp3) is 0.290. The van der Waals surface area contributed by atoms with E-state index in [9.17, 15) is 0 Å². The molecule has 0 aliphatic carbocycles. The van der Waals surface area contributed by atoms with Gasteiger partial charge in [-0.1, -0.05) is 36.4 Å². The van der Waals surface area contributed by atoms with Crippen molar-refractivity contribution in [2.75, 3.05) is 0 Å². The second kappa shape index (κ2) is 8.62. The number of aromatic nitrogens is 2. The maximum Gasteiger partial charge on any atom is 0.131 e. The first kappa shape index (κ1) is 20.8. The standard InChI is InChI=1S/C31H29N3O/c1-2-7-29-27(6-1)31(28-11-8-22(19-30(28)35-29)21-12-15-32-16-13-21)23-17-25-9-10-26(18-23)34(25)20-24-5-3-4-14-33-24/h1-8,11-16,19,23,25-26,31H,9-10,17-18,20H2. The van der Waals surface area contributed by atoms with Crippen molar-refractivity contribution in [1.29, 1.82) is 0 Å². The minimum atomic E-state index is 0.376. The summed E-state index contributed by atoms with van der Waals surface area (Å²) in [6.45, 7) is 0.971. The summed E-state index contributed by atoms with van der Waals surface area (Å²) in [5, 5.41) is 0. The van der Waals surface area contributed by atoms with Crippen molar-refractivity contribution in [2.24, 2.45) is 5.92 Å². The summed E-state index contributed by atoms with van der Waals surface area (Å²) in [6.07, 6.45) is 10.7. The molecule has 2 aromatic heterocycles. The molecule has 4 heteroatoms. The molecule has 0 N–H and O–H groups in total. The maximum absolute atomic E-state index is 6.50. The van der Waals surface area contributed by atoms with E-state index in [1.807, 2.05) is 24.7 Å². The molecule has 2 aromatic carbocycles. The Balaban J connectivity index is 1.22. The average Bonchev–Trinajstić information content (AvgIpc) is 3.14. The minimum absolute atomic E-state index is 0.376. The van der Waals surface area contributed by atoms with Crippen LogP contribution in [0.5, 0.6) is 11.5 Å². The van der Waals surface area contributed by atoms with E-state index in [2.05, 4.69) is 81.6 Å². The maximum atomic E-state index is 6.50. The number of hydrogen-bond donors (Lipinski definition) is 0. The molecule has 35 heavy (non-hydrogen) atoms. The van der Waals surface area contributed by atoms with Crippen LogP contribution in [0.4, 0.5) is 0 Å². The summed E-state index contributed by atoms with van der Waals surface area (Å²) in [5.41, 5.74) is 6.22. The van der Waals surface area contributed by atoms with Gasteiger partial charge >= 0.3 is 0 Å². The van der Waals surface area contributed by atoms with E-state index >= 15 is 0 Å². The summed E-state index contributed by atoms with van der Waals surface area (Å²) >= 11 is 0. The second-order valence-electron chi connectivity index (χ2n) is 10.2. The van der Waals surface area contributed by atoms with E-state index in [-0.39, 0.29) is 0 Å². The van der Waals surface area contributed by atoms with Crippen LogP contribution in [0.2, 0.25) is 0 Å². The molecule has 3 aliphatic heterocycles. The number of fused-ring (bicyclic) bond motifs is 4. The van der Waals surface area contributed by atoms with E-state index in [0.29, 0.717) is 23.9 Å². The summed E-state index contributed by atoms with van der Waals surface area (Å²) < 4.78 is 6.50. The summed E-state index contributed by atoms with van der Waals surface area (Å²) in [7, 11) is 0. The van der Waals surface area contributed by atoms with Crippen LogP contribution in [0.3, 0.4) is 0 Å². The predicted molar refractivity (Wildman–Crippen MR) is 137 cm³/mol. The van der Waals surface area contributed by atoms with E-state index < -0.39 is 0 Å². The summed E-state index contributed by atoms with van der Waals surface area (Å²) in [5.74, 6) is 3.01. The van der Waals surface area contributed by atoms with Gasteiger partial charge in [-0.3, -0.25) is 14.9 Å². The van der Waals surface area contributed by atoms with Crippen molar-refractivity contribution in [3.63, 3.8) is 0 Å². The number of pyridine rings is 2. The highest BCUT2D eigenvalue weighted by Gasteiger charge is 2.45. The molecule has 3 aliphatic rings. The van der Waals surface area contributed by atoms with Gasteiger partial charge in [0.15, 0.2) is 0 Å². The third-order valence-electron chi connectivity index (χ3n) is 8.30. The van der Waals surface area contributed by atoms with Crippen LogP contribution in [-0.4, -0.2) is 27.0 Å². The minimum Gasteiger partial charge on any atom is -0.457 e. The Hall–Kier alpha value is -3.50. The fourth-order valence-corrected chi connectivity index (χ4v) is 6.75. The van der Waals surface area contributed by atoms with Gasteiger partial charge in [-0.2, -0.15) is 0 Å². The van der Waals surface area contributed by atoms with Crippen molar-refractivity contribution in [3.8, 4) is 22.6 Å². The number of hydrogen-bond acceptors (Lipinski definition) is 4. The molecule has 0 radical (unpaired) electrons. The molecular weight excluding hydrogens is 430 g/mol. The van der Waals surface area contributed by atoms with Crippen molar-refractivity contribution in [2.45, 2.75) is 50.2 Å². The topological polar surface area (TPSA) is 38.2 Å². The fourth-order valence-electron chi connectivity index (χ4n) is 6.75. The Morgan fingerprint density at radius 2 is 1.51 bits per heavy atom. The number of para-hydroxylation sites is 1. The molecule has 174 valence electrons. The molecule has 3 atom stereocenters. The molecular formula is C31H29N3O. The molecule has 2 fully saturated rings. The molecule has 4 aromatic rings. The first-order valence-corrected chi connectivity index (χ1v) is 12.8. The normalized spacial score (nSPS) is 24.9. The average molecular weight is 460 g/mol. The van der Waals surface area contributed by atoms with Gasteiger partial charge in [0, 0.05) is 54.3 Å². The van der Waals surface area contributed by atoms with Crippen LogP contribution >= 0.6 is 0 Å². The molecule has 5 heterocycles. The van der Waals surface area contributed by atoms with E-state index in [4.69, 9.17) is 4.74 Å². The predicted octanol–water partition coefficient (Wildman–Crippen LogP) is 6.82. The Bertz CT molecular complexity index is 1330. The zero-order valence-electron chi connectivity index (χ0n) is 19.8. The largest absolute Gasteiger partial charge is 0.457 e. The first-order chi connectivity index (χ1) is 17.3. The van der Waals surface area contributed by atoms with Crippen molar-refractivity contribution in [3.05, 3.63) is 108 Å². The molecule has 0 saturated carbocycles. The smallest absolute Gasteiger partial charge is 0.131 e. The molecule has 2 saturated heterocycles. The lowest BCUT2D eigenvalue weighted by molar-refractivity contribution is 0.0876. The van der Waals surface area contributed by atoms with Gasteiger partial charge in [-0.15, -0.1) is 0 Å². The van der Waals surface area contributed by atoms with E-state index in [0.717, 1.165) is 18.0 Å². The highest BCUT2D eigenvalue weighted by molar-refractivity contribution is 5.68. The van der Waals surface area contributed by atoms with Gasteiger partial charge in [0.05, 0.1) is 5.69 Å². The van der Waals surface area contributed by atoms with Crippen LogP contribution in [0, 0.1) is 5.92 Å². The number of ether oxygens (including phenoxy) is 1. The first-order valence-electron chi connectivity index (χ1n) is 12.8. The van der Waals surface area contributed by atoms with Gasteiger partial charge in [-0.25, -0.2) is 0 Å². The highest BCUT2D eigenvalue weighted by atomic mass is 16.5. The SMILES string of the molecule is c1ccc(CN2C3CCC2CC(C2c4ccccc4Oc4cc(-c5ccncc5)ccc42)C3)nc1. The molecule has 7 rings (SSSR count). The van der Waals surface area contributed by atoms with Gasteiger partial charge in [0.2, 0.25) is 0 Å². The van der Waals surface area contributed by atoms with Crippen molar-refractivity contribution >= 4 is 0 Å². The Morgan fingerprint density at radius 3 is 2.31 bits per heavy atom. The van der Waals surface area contributed by atoms with Crippen LogP contribution in [0.25, 0.3) is 11.1 Å². The number of benzene rings is 2. The van der Waals surface area contributed by atoms with Gasteiger partial charge in [0.25, 0.3) is 0 Å². The third-order valence-corrected chi connectivity index (χ3v) is 8.30. The molecule has 0 amide bonds. The Labute approximate surface area is 206 Å².